The third kappa shape index (κ3) is 1.61. The summed E-state index contributed by atoms with van der Waals surface area (Å²) in [5.41, 5.74) is 6.67. The zero-order chi connectivity index (χ0) is 9.97. The molecule has 1 aromatic rings. The third-order valence-electron chi connectivity index (χ3n) is 2.14. The van der Waals surface area contributed by atoms with Crippen LogP contribution in [-0.2, 0) is 0 Å². The van der Waals surface area contributed by atoms with E-state index in [1.54, 1.807) is 0 Å². The van der Waals surface area contributed by atoms with Gasteiger partial charge in [0.1, 0.15) is 5.84 Å². The Morgan fingerprint density at radius 1 is 1.36 bits per heavy atom. The summed E-state index contributed by atoms with van der Waals surface area (Å²) in [6.07, 6.45) is 0. The zero-order valence-electron chi connectivity index (χ0n) is 7.68. The molecule has 0 spiro atoms. The molecule has 0 atom stereocenters. The van der Waals surface area contributed by atoms with Crippen LogP contribution in [0.5, 0.6) is 0 Å². The van der Waals surface area contributed by atoms with Crippen LogP contribution in [0.4, 0.5) is 0 Å². The summed E-state index contributed by atoms with van der Waals surface area (Å²) in [4.78, 5) is 6.25. The van der Waals surface area contributed by atoms with E-state index in [1.165, 1.54) is 0 Å². The van der Waals surface area contributed by atoms with E-state index in [-0.39, 0.29) is 0 Å². The van der Waals surface area contributed by atoms with E-state index >= 15 is 0 Å². The van der Waals surface area contributed by atoms with E-state index in [4.69, 9.17) is 18.0 Å². The lowest BCUT2D eigenvalue weighted by molar-refractivity contribution is 0.671. The van der Waals surface area contributed by atoms with Crippen molar-refractivity contribution >= 4 is 23.2 Å². The molecule has 0 bridgehead atoms. The minimum Gasteiger partial charge on any atom is -0.376 e. The maximum absolute atomic E-state index is 5.60. The van der Waals surface area contributed by atoms with Crippen molar-refractivity contribution < 1.29 is 0 Å². The lowest BCUT2D eigenvalue weighted by Gasteiger charge is -2.17. The van der Waals surface area contributed by atoms with Crippen LogP contribution in [-0.4, -0.2) is 28.9 Å². The van der Waals surface area contributed by atoms with Crippen LogP contribution in [0.3, 0.4) is 0 Å². The number of amidine groups is 1. The molecule has 1 aliphatic rings. The minimum atomic E-state index is 0.394. The second kappa shape index (κ2) is 3.75. The second-order valence-electron chi connectivity index (χ2n) is 3.06. The summed E-state index contributed by atoms with van der Waals surface area (Å²) in [5, 5.41) is 0.394. The molecule has 2 rings (SSSR count). The summed E-state index contributed by atoms with van der Waals surface area (Å²) in [7, 11) is 0. The molecule has 4 heteroatoms. The Bertz CT molecular complexity index is 372. The number of thiocarbonyl (C=S) groups is 1. The Kier molecular flexibility index (Phi) is 2.45. The molecule has 0 fully saturated rings. The van der Waals surface area contributed by atoms with Gasteiger partial charge in [-0.15, -0.1) is 0 Å². The second-order valence-corrected chi connectivity index (χ2v) is 3.48. The first-order valence-electron chi connectivity index (χ1n) is 4.46. The van der Waals surface area contributed by atoms with Crippen LogP contribution in [0.1, 0.15) is 5.56 Å². The molecule has 0 radical (unpaired) electrons. The number of nitrogens with zero attached hydrogens (tertiary/aromatic N) is 2. The van der Waals surface area contributed by atoms with E-state index in [0.29, 0.717) is 5.11 Å². The van der Waals surface area contributed by atoms with Gasteiger partial charge >= 0.3 is 0 Å². The summed E-state index contributed by atoms with van der Waals surface area (Å²) < 4.78 is 0. The highest BCUT2D eigenvalue weighted by Crippen LogP contribution is 2.10. The predicted molar refractivity (Wildman–Crippen MR) is 61.3 cm³/mol. The Morgan fingerprint density at radius 3 is 2.71 bits per heavy atom. The molecule has 14 heavy (non-hydrogen) atoms. The maximum atomic E-state index is 5.60. The molecule has 0 saturated carbocycles. The van der Waals surface area contributed by atoms with Gasteiger partial charge in [-0.25, -0.2) is 0 Å². The lowest BCUT2D eigenvalue weighted by Crippen LogP contribution is -2.38. The van der Waals surface area contributed by atoms with Crippen molar-refractivity contribution in [2.75, 3.05) is 13.1 Å². The van der Waals surface area contributed by atoms with Crippen LogP contribution in [0.25, 0.3) is 0 Å². The number of rotatable bonds is 1. The molecule has 1 aliphatic heterocycles. The van der Waals surface area contributed by atoms with Gasteiger partial charge in [0.2, 0.25) is 0 Å². The predicted octanol–water partition coefficient (Wildman–Crippen LogP) is 0.992. The Labute approximate surface area is 88.2 Å². The summed E-state index contributed by atoms with van der Waals surface area (Å²) in [6, 6.07) is 9.96. The number of benzene rings is 1. The topological polar surface area (TPSA) is 41.6 Å². The van der Waals surface area contributed by atoms with E-state index in [0.717, 1.165) is 24.5 Å². The number of aliphatic imine (C=N–C) groups is 1. The highest BCUT2D eigenvalue weighted by Gasteiger charge is 2.19. The third-order valence-corrected chi connectivity index (χ3v) is 2.36. The van der Waals surface area contributed by atoms with Gasteiger partial charge in [0.15, 0.2) is 5.11 Å². The molecule has 0 aliphatic carbocycles. The van der Waals surface area contributed by atoms with Gasteiger partial charge in [0.25, 0.3) is 0 Å². The van der Waals surface area contributed by atoms with Crippen LogP contribution < -0.4 is 5.73 Å². The molecule has 0 aromatic heterocycles. The van der Waals surface area contributed by atoms with Gasteiger partial charge in [-0.3, -0.25) is 4.99 Å². The van der Waals surface area contributed by atoms with Crippen LogP contribution in [0, 0.1) is 0 Å². The molecular weight excluding hydrogens is 194 g/mol. The van der Waals surface area contributed by atoms with E-state index in [2.05, 4.69) is 4.99 Å². The van der Waals surface area contributed by atoms with E-state index in [9.17, 15) is 0 Å². The van der Waals surface area contributed by atoms with Gasteiger partial charge in [-0.1, -0.05) is 30.3 Å². The first-order valence-corrected chi connectivity index (χ1v) is 4.87. The van der Waals surface area contributed by atoms with Crippen molar-refractivity contribution in [2.24, 2.45) is 10.7 Å². The average molecular weight is 205 g/mol. The lowest BCUT2D eigenvalue weighted by atomic mass is 10.2. The van der Waals surface area contributed by atoms with Crippen molar-refractivity contribution in [3.8, 4) is 0 Å². The van der Waals surface area contributed by atoms with Crippen molar-refractivity contribution in [1.29, 1.82) is 0 Å². The Morgan fingerprint density at radius 2 is 2.07 bits per heavy atom. The van der Waals surface area contributed by atoms with E-state index in [1.807, 2.05) is 35.2 Å². The molecule has 1 aromatic carbocycles. The molecule has 72 valence electrons. The fourth-order valence-electron chi connectivity index (χ4n) is 1.50. The minimum absolute atomic E-state index is 0.394. The first kappa shape index (κ1) is 9.15. The maximum Gasteiger partial charge on any atom is 0.172 e. The SMILES string of the molecule is NC(=S)N1CCN=C1c1ccccc1. The van der Waals surface area contributed by atoms with Gasteiger partial charge < -0.3 is 10.6 Å². The van der Waals surface area contributed by atoms with Gasteiger partial charge in [0, 0.05) is 12.1 Å². The number of hydrogen-bond acceptors (Lipinski definition) is 2. The summed E-state index contributed by atoms with van der Waals surface area (Å²) in [5.74, 6) is 0.887. The van der Waals surface area contributed by atoms with E-state index < -0.39 is 0 Å². The normalized spacial score (nSPS) is 15.4. The molecule has 0 unspecified atom stereocenters. The van der Waals surface area contributed by atoms with Crippen LogP contribution >= 0.6 is 12.2 Å². The number of nitrogens with two attached hydrogens (primary N) is 1. The fourth-order valence-corrected chi connectivity index (χ4v) is 1.67. The monoisotopic (exact) mass is 205 g/mol. The number of hydrogen-bond donors (Lipinski definition) is 1. The van der Waals surface area contributed by atoms with Crippen molar-refractivity contribution in [1.82, 2.24) is 4.90 Å². The average Bonchev–Trinajstić information content (AvgIpc) is 2.67. The molecule has 1 heterocycles. The van der Waals surface area contributed by atoms with Crippen molar-refractivity contribution in [3.05, 3.63) is 35.9 Å². The molecule has 2 N–H and O–H groups in total. The molecular formula is C10H11N3S. The molecule has 3 nitrogen and oxygen atoms in total. The smallest absolute Gasteiger partial charge is 0.172 e. The quantitative estimate of drug-likeness (QED) is 0.695. The largest absolute Gasteiger partial charge is 0.376 e. The van der Waals surface area contributed by atoms with Crippen LogP contribution in [0.15, 0.2) is 35.3 Å². The Hall–Kier alpha value is -1.42. The molecule has 0 saturated heterocycles. The fraction of sp³-hybridized carbons (Fsp3) is 0.200. The van der Waals surface area contributed by atoms with Gasteiger partial charge in [0.05, 0.1) is 6.54 Å². The summed E-state index contributed by atoms with van der Waals surface area (Å²) in [6.45, 7) is 1.56. The van der Waals surface area contributed by atoms with Gasteiger partial charge in [-0.05, 0) is 12.2 Å². The van der Waals surface area contributed by atoms with Gasteiger partial charge in [-0.2, -0.15) is 0 Å². The molecule has 0 amide bonds. The van der Waals surface area contributed by atoms with Crippen LogP contribution in [0.2, 0.25) is 0 Å². The summed E-state index contributed by atoms with van der Waals surface area (Å²) >= 11 is 4.96. The first-order chi connectivity index (χ1) is 6.79. The highest BCUT2D eigenvalue weighted by molar-refractivity contribution is 7.80. The van der Waals surface area contributed by atoms with Crippen molar-refractivity contribution in [3.63, 3.8) is 0 Å². The highest BCUT2D eigenvalue weighted by atomic mass is 32.1. The standard InChI is InChI=1S/C10H11N3S/c11-10(14)13-7-6-12-9(13)8-4-2-1-3-5-8/h1-5H,6-7H2,(H2,11,14). The zero-order valence-corrected chi connectivity index (χ0v) is 8.50. The Balaban J connectivity index is 2.31. The van der Waals surface area contributed by atoms with Crippen molar-refractivity contribution in [2.45, 2.75) is 0 Å².